The number of rotatable bonds is 6. The molecule has 1 aromatic heterocycles. The van der Waals surface area contributed by atoms with E-state index in [2.05, 4.69) is 5.32 Å². The zero-order valence-corrected chi connectivity index (χ0v) is 19.8. The van der Waals surface area contributed by atoms with E-state index in [0.717, 1.165) is 24.8 Å². The molecule has 2 aromatic carbocycles. The van der Waals surface area contributed by atoms with Crippen molar-refractivity contribution in [3.8, 4) is 5.75 Å². The van der Waals surface area contributed by atoms with Crippen molar-refractivity contribution in [1.29, 1.82) is 0 Å². The van der Waals surface area contributed by atoms with Crippen LogP contribution in [0.3, 0.4) is 0 Å². The van der Waals surface area contributed by atoms with Gasteiger partial charge < -0.3 is 19.5 Å². The smallest absolute Gasteiger partial charge is 0.274 e. The molecule has 2 amide bonds. The number of pyridine rings is 1. The number of carbonyl (C=O) groups excluding carboxylic acids is 2. The zero-order chi connectivity index (χ0) is 26.1. The Morgan fingerprint density at radius 1 is 1.05 bits per heavy atom. The van der Waals surface area contributed by atoms with Crippen LogP contribution in [0.1, 0.15) is 57.3 Å². The van der Waals surface area contributed by atoms with Crippen LogP contribution in [0, 0.1) is 17.5 Å². The zero-order valence-electron chi connectivity index (χ0n) is 19.8. The summed E-state index contributed by atoms with van der Waals surface area (Å²) in [6.07, 6.45) is 3.75. The van der Waals surface area contributed by atoms with Crippen LogP contribution in [0.2, 0.25) is 0 Å². The van der Waals surface area contributed by atoms with Crippen LogP contribution in [0.5, 0.6) is 5.75 Å². The summed E-state index contributed by atoms with van der Waals surface area (Å²) in [7, 11) is 0. The Bertz CT molecular complexity index is 1400. The Morgan fingerprint density at radius 2 is 1.78 bits per heavy atom. The lowest BCUT2D eigenvalue weighted by molar-refractivity contribution is 0.0673. The number of halogens is 3. The van der Waals surface area contributed by atoms with Crippen LogP contribution in [-0.2, 0) is 13.2 Å². The summed E-state index contributed by atoms with van der Waals surface area (Å²) in [5.74, 6) is -4.87. The van der Waals surface area contributed by atoms with Gasteiger partial charge in [0.05, 0.1) is 6.04 Å². The van der Waals surface area contributed by atoms with Crippen LogP contribution in [-0.4, -0.2) is 34.4 Å². The Labute approximate surface area is 210 Å². The number of carbonyl (C=O) groups is 2. The number of nitrogens with one attached hydrogen (secondary N) is 1. The summed E-state index contributed by atoms with van der Waals surface area (Å²) >= 11 is 0. The van der Waals surface area contributed by atoms with Crippen molar-refractivity contribution in [1.82, 2.24) is 14.8 Å². The number of benzene rings is 2. The van der Waals surface area contributed by atoms with Crippen molar-refractivity contribution in [2.24, 2.45) is 0 Å². The molecular weight excluding hydrogens is 487 g/mol. The molecule has 1 fully saturated rings. The van der Waals surface area contributed by atoms with E-state index in [0.29, 0.717) is 25.2 Å². The molecule has 5 rings (SSSR count). The van der Waals surface area contributed by atoms with Crippen molar-refractivity contribution in [3.05, 3.63) is 98.7 Å². The fourth-order valence-corrected chi connectivity index (χ4v) is 4.82. The predicted octanol–water partition coefficient (Wildman–Crippen LogP) is 3.96. The SMILES string of the molecule is O=C(NCc1c(F)cc(F)cc1F)c1cn2c(c(OCc3ccccc3)c1=O)C(=O)N1CCCC[C@H]2C1. The Kier molecular flexibility index (Phi) is 6.73. The van der Waals surface area contributed by atoms with E-state index in [-0.39, 0.29) is 35.6 Å². The van der Waals surface area contributed by atoms with Gasteiger partial charge in [0.2, 0.25) is 5.43 Å². The molecule has 1 saturated heterocycles. The highest BCUT2D eigenvalue weighted by atomic mass is 19.1. The van der Waals surface area contributed by atoms with Crippen LogP contribution < -0.4 is 15.5 Å². The van der Waals surface area contributed by atoms with Crippen molar-refractivity contribution in [2.45, 2.75) is 38.5 Å². The van der Waals surface area contributed by atoms with Crippen molar-refractivity contribution in [2.75, 3.05) is 13.1 Å². The first-order chi connectivity index (χ1) is 17.8. The van der Waals surface area contributed by atoms with E-state index in [1.165, 1.54) is 6.20 Å². The number of ether oxygens (including phenoxy) is 1. The number of amides is 2. The number of nitrogens with zero attached hydrogens (tertiary/aromatic N) is 2. The van der Waals surface area contributed by atoms with Gasteiger partial charge in [-0.2, -0.15) is 0 Å². The molecule has 0 unspecified atom stereocenters. The van der Waals surface area contributed by atoms with Gasteiger partial charge in [0.15, 0.2) is 11.4 Å². The minimum Gasteiger partial charge on any atom is -0.483 e. The van der Waals surface area contributed by atoms with E-state index < -0.39 is 40.9 Å². The lowest BCUT2D eigenvalue weighted by atomic mass is 10.1. The number of aromatic nitrogens is 1. The van der Waals surface area contributed by atoms with Gasteiger partial charge in [-0.1, -0.05) is 30.3 Å². The lowest BCUT2D eigenvalue weighted by Crippen LogP contribution is -2.44. The average molecular weight is 512 g/mol. The minimum atomic E-state index is -1.16. The molecule has 3 heterocycles. The van der Waals surface area contributed by atoms with Gasteiger partial charge in [0, 0.05) is 43.5 Å². The fourth-order valence-electron chi connectivity index (χ4n) is 4.82. The summed E-state index contributed by atoms with van der Waals surface area (Å²) in [6.45, 7) is 0.408. The average Bonchev–Trinajstić information content (AvgIpc) is 3.10. The highest BCUT2D eigenvalue weighted by Gasteiger charge is 2.37. The summed E-state index contributed by atoms with van der Waals surface area (Å²) in [4.78, 5) is 41.6. The molecule has 0 spiro atoms. The summed E-state index contributed by atoms with van der Waals surface area (Å²) in [5, 5.41) is 2.34. The van der Waals surface area contributed by atoms with Crippen molar-refractivity contribution >= 4 is 11.8 Å². The van der Waals surface area contributed by atoms with Gasteiger partial charge in [-0.3, -0.25) is 14.4 Å². The molecule has 37 heavy (non-hydrogen) atoms. The van der Waals surface area contributed by atoms with Crippen molar-refractivity contribution in [3.63, 3.8) is 0 Å². The topological polar surface area (TPSA) is 80.6 Å². The molecule has 0 aliphatic carbocycles. The highest BCUT2D eigenvalue weighted by Crippen LogP contribution is 2.32. The van der Waals surface area contributed by atoms with Crippen LogP contribution >= 0.6 is 0 Å². The first-order valence-electron chi connectivity index (χ1n) is 12.0. The number of fused-ring (bicyclic) bond motifs is 4. The summed E-state index contributed by atoms with van der Waals surface area (Å²) in [6, 6.07) is 9.92. The molecule has 3 aromatic rings. The van der Waals surface area contributed by atoms with Gasteiger partial charge in [-0.05, 0) is 24.8 Å². The maximum atomic E-state index is 14.1. The van der Waals surface area contributed by atoms with Gasteiger partial charge >= 0.3 is 0 Å². The summed E-state index contributed by atoms with van der Waals surface area (Å²) in [5.41, 5.74) is -0.805. The second kappa shape index (κ2) is 10.1. The minimum absolute atomic E-state index is 0.00188. The number of hydrogen-bond donors (Lipinski definition) is 1. The number of hydrogen-bond acceptors (Lipinski definition) is 4. The first kappa shape index (κ1) is 24.6. The third-order valence-corrected chi connectivity index (χ3v) is 6.72. The standard InChI is InChI=1S/C27H24F3N3O4/c28-17-10-21(29)19(22(30)11-17)12-31-26(35)20-14-33-18-8-4-5-9-32(13-18)27(36)23(33)25(24(20)34)37-15-16-6-2-1-3-7-16/h1-3,6-7,10-11,14,18H,4-5,8-9,12-13,15H2,(H,31,35)/t18-/m0/s1. The normalized spacial score (nSPS) is 16.7. The molecule has 1 atom stereocenters. The maximum absolute atomic E-state index is 14.1. The van der Waals surface area contributed by atoms with Gasteiger partial charge in [0.25, 0.3) is 11.8 Å². The van der Waals surface area contributed by atoms with E-state index in [9.17, 15) is 27.6 Å². The van der Waals surface area contributed by atoms with E-state index in [4.69, 9.17) is 4.74 Å². The van der Waals surface area contributed by atoms with Crippen LogP contribution in [0.15, 0.2) is 53.5 Å². The predicted molar refractivity (Wildman–Crippen MR) is 128 cm³/mol. The monoisotopic (exact) mass is 511 g/mol. The molecule has 1 N–H and O–H groups in total. The summed E-state index contributed by atoms with van der Waals surface area (Å²) < 4.78 is 48.9. The van der Waals surface area contributed by atoms with Crippen LogP contribution in [0.4, 0.5) is 13.2 Å². The Hall–Kier alpha value is -4.08. The van der Waals surface area contributed by atoms with Crippen LogP contribution in [0.25, 0.3) is 0 Å². The van der Waals surface area contributed by atoms with E-state index in [1.54, 1.807) is 21.6 Å². The first-order valence-corrected chi connectivity index (χ1v) is 12.0. The van der Waals surface area contributed by atoms with Crippen molar-refractivity contribution < 1.29 is 27.5 Å². The van der Waals surface area contributed by atoms with Gasteiger partial charge in [-0.25, -0.2) is 13.2 Å². The van der Waals surface area contributed by atoms with E-state index in [1.807, 2.05) is 18.2 Å². The molecule has 2 aliphatic rings. The maximum Gasteiger partial charge on any atom is 0.274 e. The second-order valence-electron chi connectivity index (χ2n) is 9.16. The highest BCUT2D eigenvalue weighted by molar-refractivity contribution is 5.99. The fraction of sp³-hybridized carbons (Fsp3) is 0.296. The largest absolute Gasteiger partial charge is 0.483 e. The molecule has 10 heteroatoms. The molecule has 2 bridgehead atoms. The lowest BCUT2D eigenvalue weighted by Gasteiger charge is -2.35. The van der Waals surface area contributed by atoms with Gasteiger partial charge in [-0.15, -0.1) is 0 Å². The van der Waals surface area contributed by atoms with E-state index >= 15 is 0 Å². The molecule has 192 valence electrons. The molecule has 2 aliphatic heterocycles. The van der Waals surface area contributed by atoms with Gasteiger partial charge in [0.1, 0.15) is 29.6 Å². The molecule has 0 radical (unpaired) electrons. The molecule has 7 nitrogen and oxygen atoms in total. The molecule has 0 saturated carbocycles. The Morgan fingerprint density at radius 3 is 2.51 bits per heavy atom. The quantitative estimate of drug-likeness (QED) is 0.544. The molecular formula is C27H24F3N3O4. The third kappa shape index (κ3) is 4.83. The second-order valence-corrected chi connectivity index (χ2v) is 9.16. The Balaban J connectivity index is 1.52. The third-order valence-electron chi connectivity index (χ3n) is 6.72.